The fourth-order valence-corrected chi connectivity index (χ4v) is 3.71. The summed E-state index contributed by atoms with van der Waals surface area (Å²) in [4.78, 5) is 26.3. The molecule has 0 saturated carbocycles. The number of ether oxygens (including phenoxy) is 2. The van der Waals surface area contributed by atoms with Crippen molar-refractivity contribution >= 4 is 35.1 Å². The highest BCUT2D eigenvalue weighted by atomic mass is 35.5. The molecule has 0 aromatic heterocycles. The summed E-state index contributed by atoms with van der Waals surface area (Å²) in [6, 6.07) is 5.07. The molecule has 27 heavy (non-hydrogen) atoms. The Kier molecular flexibility index (Phi) is 9.22. The second kappa shape index (κ2) is 11.4. The van der Waals surface area contributed by atoms with E-state index in [1.165, 1.54) is 7.11 Å². The molecular formula is C20H27Cl2NO4. The minimum atomic E-state index is -0.169. The number of halogens is 2. The van der Waals surface area contributed by atoms with Crippen molar-refractivity contribution in [3.8, 4) is 5.75 Å². The van der Waals surface area contributed by atoms with Crippen molar-refractivity contribution in [2.45, 2.75) is 44.9 Å². The first-order chi connectivity index (χ1) is 13.0. The lowest BCUT2D eigenvalue weighted by Gasteiger charge is -2.23. The molecular weight excluding hydrogens is 389 g/mol. The fraction of sp³-hybridized carbons (Fsp3) is 0.600. The van der Waals surface area contributed by atoms with Gasteiger partial charge in [-0.1, -0.05) is 36.0 Å². The van der Waals surface area contributed by atoms with Crippen LogP contribution in [0, 0.1) is 5.92 Å². The van der Waals surface area contributed by atoms with E-state index in [4.69, 9.17) is 32.7 Å². The molecule has 0 spiro atoms. The van der Waals surface area contributed by atoms with E-state index in [2.05, 4.69) is 0 Å². The lowest BCUT2D eigenvalue weighted by atomic mass is 9.98. The van der Waals surface area contributed by atoms with Gasteiger partial charge in [-0.3, -0.25) is 9.59 Å². The van der Waals surface area contributed by atoms with E-state index in [1.807, 2.05) is 4.90 Å². The Morgan fingerprint density at radius 1 is 1.15 bits per heavy atom. The molecule has 0 radical (unpaired) electrons. The number of rotatable bonds is 6. The van der Waals surface area contributed by atoms with Gasteiger partial charge in [0.2, 0.25) is 5.91 Å². The number of amides is 1. The smallest absolute Gasteiger partial charge is 0.308 e. The number of benzene rings is 1. The van der Waals surface area contributed by atoms with Gasteiger partial charge in [0.25, 0.3) is 0 Å². The van der Waals surface area contributed by atoms with Gasteiger partial charge in [0, 0.05) is 24.5 Å². The predicted octanol–water partition coefficient (Wildman–Crippen LogP) is 4.73. The van der Waals surface area contributed by atoms with Crippen LogP contribution in [0.1, 0.15) is 44.9 Å². The van der Waals surface area contributed by atoms with Gasteiger partial charge in [-0.2, -0.15) is 0 Å². The molecule has 1 aliphatic rings. The standard InChI is InChI=1S/C20H27Cl2NO4/c1-26-20(25)15-6-3-2-4-11-23(12-10-15)19(24)7-5-13-27-18-9-8-16(21)14-17(18)22/h8-9,14-15H,2-7,10-13H2,1H3. The van der Waals surface area contributed by atoms with Crippen molar-refractivity contribution in [2.24, 2.45) is 5.92 Å². The summed E-state index contributed by atoms with van der Waals surface area (Å²) in [7, 11) is 1.42. The number of methoxy groups -OCH3 is 1. The van der Waals surface area contributed by atoms with Crippen LogP contribution in [0.3, 0.4) is 0 Å². The molecule has 0 bridgehead atoms. The largest absolute Gasteiger partial charge is 0.492 e. The average Bonchev–Trinajstić information content (AvgIpc) is 2.78. The van der Waals surface area contributed by atoms with Crippen molar-refractivity contribution in [1.82, 2.24) is 4.90 Å². The summed E-state index contributed by atoms with van der Waals surface area (Å²) in [5.74, 6) is 0.389. The maximum Gasteiger partial charge on any atom is 0.308 e. The number of carbonyl (C=O) groups excluding carboxylic acids is 2. The lowest BCUT2D eigenvalue weighted by Crippen LogP contribution is -2.34. The van der Waals surface area contributed by atoms with E-state index in [1.54, 1.807) is 18.2 Å². The molecule has 7 heteroatoms. The van der Waals surface area contributed by atoms with Crippen molar-refractivity contribution in [2.75, 3.05) is 26.8 Å². The van der Waals surface area contributed by atoms with Crippen molar-refractivity contribution < 1.29 is 19.1 Å². The van der Waals surface area contributed by atoms with Crippen molar-refractivity contribution in [1.29, 1.82) is 0 Å². The van der Waals surface area contributed by atoms with Crippen LogP contribution >= 0.6 is 23.2 Å². The first-order valence-electron chi connectivity index (χ1n) is 9.44. The normalized spacial score (nSPS) is 18.2. The molecule has 0 aliphatic carbocycles. The first kappa shape index (κ1) is 21.8. The van der Waals surface area contributed by atoms with Crippen LogP contribution in [-0.4, -0.2) is 43.6 Å². The van der Waals surface area contributed by atoms with Gasteiger partial charge in [0.1, 0.15) is 5.75 Å². The zero-order chi connectivity index (χ0) is 19.6. The Hall–Kier alpha value is -1.46. The number of hydrogen-bond acceptors (Lipinski definition) is 4. The predicted molar refractivity (Wildman–Crippen MR) is 106 cm³/mol. The summed E-state index contributed by atoms with van der Waals surface area (Å²) in [5.41, 5.74) is 0. The summed E-state index contributed by atoms with van der Waals surface area (Å²) < 4.78 is 10.5. The summed E-state index contributed by atoms with van der Waals surface area (Å²) in [6.07, 6.45) is 5.51. The van der Waals surface area contributed by atoms with Crippen LogP contribution in [0.5, 0.6) is 5.75 Å². The van der Waals surface area contributed by atoms with Gasteiger partial charge in [-0.25, -0.2) is 0 Å². The van der Waals surface area contributed by atoms with E-state index in [0.717, 1.165) is 32.2 Å². The van der Waals surface area contributed by atoms with Crippen LogP contribution < -0.4 is 4.74 Å². The van der Waals surface area contributed by atoms with E-state index >= 15 is 0 Å². The Labute approximate surface area is 170 Å². The fourth-order valence-electron chi connectivity index (χ4n) is 3.25. The summed E-state index contributed by atoms with van der Waals surface area (Å²) in [6.45, 7) is 1.75. The van der Waals surface area contributed by atoms with E-state index in [0.29, 0.717) is 48.2 Å². The van der Waals surface area contributed by atoms with Gasteiger partial charge in [0.15, 0.2) is 0 Å². The van der Waals surface area contributed by atoms with E-state index in [-0.39, 0.29) is 17.8 Å². The Bertz CT molecular complexity index is 638. The highest BCUT2D eigenvalue weighted by Crippen LogP contribution is 2.27. The lowest BCUT2D eigenvalue weighted by molar-refractivity contribution is -0.146. The highest BCUT2D eigenvalue weighted by Gasteiger charge is 2.23. The molecule has 2 rings (SSSR count). The van der Waals surface area contributed by atoms with Crippen LogP contribution in [0.25, 0.3) is 0 Å². The molecule has 0 N–H and O–H groups in total. The van der Waals surface area contributed by atoms with Crippen molar-refractivity contribution in [3.63, 3.8) is 0 Å². The zero-order valence-electron chi connectivity index (χ0n) is 15.7. The van der Waals surface area contributed by atoms with Gasteiger partial charge >= 0.3 is 5.97 Å². The Balaban J connectivity index is 1.78. The molecule has 5 nitrogen and oxygen atoms in total. The SMILES string of the molecule is COC(=O)C1CCCCCN(C(=O)CCCOc2ccc(Cl)cc2Cl)CC1. The van der Waals surface area contributed by atoms with Gasteiger partial charge in [0.05, 0.1) is 24.7 Å². The minimum Gasteiger partial charge on any atom is -0.492 e. The van der Waals surface area contributed by atoms with Gasteiger partial charge in [-0.15, -0.1) is 0 Å². The molecule has 1 saturated heterocycles. The summed E-state index contributed by atoms with van der Waals surface area (Å²) in [5, 5.41) is 1.02. The third-order valence-electron chi connectivity index (χ3n) is 4.80. The zero-order valence-corrected chi connectivity index (χ0v) is 17.2. The molecule has 1 heterocycles. The maximum absolute atomic E-state index is 12.6. The first-order valence-corrected chi connectivity index (χ1v) is 10.2. The monoisotopic (exact) mass is 415 g/mol. The highest BCUT2D eigenvalue weighted by molar-refractivity contribution is 6.35. The molecule has 150 valence electrons. The Morgan fingerprint density at radius 3 is 2.70 bits per heavy atom. The average molecular weight is 416 g/mol. The van der Waals surface area contributed by atoms with Crippen LogP contribution in [-0.2, 0) is 14.3 Å². The van der Waals surface area contributed by atoms with Crippen LogP contribution in [0.15, 0.2) is 18.2 Å². The third kappa shape index (κ3) is 7.23. The molecule has 1 aliphatic heterocycles. The molecule has 1 unspecified atom stereocenters. The second-order valence-corrected chi connectivity index (χ2v) is 7.61. The molecule has 1 aromatic rings. The van der Waals surface area contributed by atoms with Gasteiger partial charge < -0.3 is 14.4 Å². The van der Waals surface area contributed by atoms with Crippen LogP contribution in [0.4, 0.5) is 0 Å². The van der Waals surface area contributed by atoms with Crippen molar-refractivity contribution in [3.05, 3.63) is 28.2 Å². The maximum atomic E-state index is 12.6. The number of nitrogens with zero attached hydrogens (tertiary/aromatic N) is 1. The second-order valence-electron chi connectivity index (χ2n) is 6.77. The minimum absolute atomic E-state index is 0.103. The number of hydrogen-bond donors (Lipinski definition) is 0. The summed E-state index contributed by atoms with van der Waals surface area (Å²) >= 11 is 11.9. The van der Waals surface area contributed by atoms with E-state index < -0.39 is 0 Å². The number of esters is 1. The van der Waals surface area contributed by atoms with E-state index in [9.17, 15) is 9.59 Å². The molecule has 1 aromatic carbocycles. The Morgan fingerprint density at radius 2 is 1.96 bits per heavy atom. The molecule has 1 amide bonds. The quantitative estimate of drug-likeness (QED) is 0.497. The molecule has 1 atom stereocenters. The molecule has 1 fully saturated rings. The topological polar surface area (TPSA) is 55.8 Å². The number of carbonyl (C=O) groups is 2. The third-order valence-corrected chi connectivity index (χ3v) is 5.33. The van der Waals surface area contributed by atoms with Gasteiger partial charge in [-0.05, 0) is 43.9 Å². The van der Waals surface area contributed by atoms with Crippen LogP contribution in [0.2, 0.25) is 10.0 Å².